The lowest BCUT2D eigenvalue weighted by molar-refractivity contribution is 0.625. The molecule has 0 spiro atoms. The smallest absolute Gasteiger partial charge is 0.140 e. The monoisotopic (exact) mass is 338 g/mol. The molecule has 0 aromatic heterocycles. The molecule has 1 atom stereocenters. The molecular weight excluding hydrogens is 331 g/mol. The first kappa shape index (κ1) is 13.9. The van der Waals surface area contributed by atoms with Crippen molar-refractivity contribution < 1.29 is 4.39 Å². The molecule has 1 N–H and O–H groups in total. The first-order valence-electron chi connectivity index (χ1n) is 5.46. The Bertz CT molecular complexity index is 602. The van der Waals surface area contributed by atoms with Crippen molar-refractivity contribution in [1.82, 2.24) is 0 Å². The van der Waals surface area contributed by atoms with E-state index in [2.05, 4.69) is 27.3 Å². The van der Waals surface area contributed by atoms with Crippen LogP contribution in [0, 0.1) is 17.1 Å². The van der Waals surface area contributed by atoms with Crippen LogP contribution in [-0.4, -0.2) is 0 Å². The molecule has 0 radical (unpaired) electrons. The predicted molar refractivity (Wildman–Crippen MR) is 77.5 cm³/mol. The van der Waals surface area contributed by atoms with Gasteiger partial charge in [-0.25, -0.2) is 4.39 Å². The fourth-order valence-electron chi connectivity index (χ4n) is 1.64. The third-order valence-electron chi connectivity index (χ3n) is 2.50. The molecular formula is C14H9BrClFN2. The Morgan fingerprint density at radius 1 is 1.21 bits per heavy atom. The average molecular weight is 340 g/mol. The van der Waals surface area contributed by atoms with Gasteiger partial charge in [0.2, 0.25) is 0 Å². The van der Waals surface area contributed by atoms with Crippen LogP contribution < -0.4 is 5.32 Å². The van der Waals surface area contributed by atoms with Crippen molar-refractivity contribution in [2.75, 3.05) is 5.32 Å². The van der Waals surface area contributed by atoms with Crippen LogP contribution in [0.4, 0.5) is 10.1 Å². The van der Waals surface area contributed by atoms with Crippen LogP contribution in [0.15, 0.2) is 46.9 Å². The van der Waals surface area contributed by atoms with Gasteiger partial charge in [-0.15, -0.1) is 0 Å². The molecule has 96 valence electrons. The molecule has 2 nitrogen and oxygen atoms in total. The molecule has 0 aliphatic heterocycles. The highest BCUT2D eigenvalue weighted by molar-refractivity contribution is 9.10. The quantitative estimate of drug-likeness (QED) is 0.861. The number of rotatable bonds is 3. The minimum atomic E-state index is -0.658. The number of halogens is 3. The molecule has 0 aliphatic rings. The minimum Gasteiger partial charge on any atom is -0.366 e. The number of hydrogen-bond donors (Lipinski definition) is 1. The summed E-state index contributed by atoms with van der Waals surface area (Å²) in [4.78, 5) is 0. The summed E-state index contributed by atoms with van der Waals surface area (Å²) in [7, 11) is 0. The van der Waals surface area contributed by atoms with Crippen molar-refractivity contribution in [3.63, 3.8) is 0 Å². The van der Waals surface area contributed by atoms with Gasteiger partial charge in [0.1, 0.15) is 11.9 Å². The zero-order chi connectivity index (χ0) is 13.8. The molecule has 0 amide bonds. The second-order valence-corrected chi connectivity index (χ2v) is 5.27. The maximum atomic E-state index is 13.3. The van der Waals surface area contributed by atoms with Gasteiger partial charge in [0.15, 0.2) is 0 Å². The molecule has 2 aromatic rings. The van der Waals surface area contributed by atoms with Gasteiger partial charge in [0.05, 0.1) is 6.07 Å². The van der Waals surface area contributed by atoms with Crippen LogP contribution in [0.1, 0.15) is 11.6 Å². The summed E-state index contributed by atoms with van der Waals surface area (Å²) in [5, 5.41) is 12.5. The molecule has 1 unspecified atom stereocenters. The normalized spacial score (nSPS) is 11.7. The number of hydrogen-bond acceptors (Lipinski definition) is 2. The molecule has 0 aliphatic carbocycles. The van der Waals surface area contributed by atoms with E-state index in [-0.39, 0.29) is 5.02 Å². The Labute approximate surface area is 123 Å². The highest BCUT2D eigenvalue weighted by atomic mass is 79.9. The standard InChI is InChI=1S/C14H9BrClFN2/c15-10-1-3-13(4-2-10)19-14(8-18)9-5-11(16)7-12(17)6-9/h1-7,14,19H. The van der Waals surface area contributed by atoms with E-state index in [1.54, 1.807) is 6.07 Å². The molecule has 0 heterocycles. The summed E-state index contributed by atoms with van der Waals surface area (Å²) in [6, 6.07) is 12.9. The molecule has 5 heteroatoms. The van der Waals surface area contributed by atoms with Gasteiger partial charge >= 0.3 is 0 Å². The Balaban J connectivity index is 2.25. The van der Waals surface area contributed by atoms with E-state index in [0.717, 1.165) is 10.2 Å². The van der Waals surface area contributed by atoms with Gasteiger partial charge in [-0.1, -0.05) is 27.5 Å². The van der Waals surface area contributed by atoms with Crippen molar-refractivity contribution in [3.8, 4) is 6.07 Å². The number of nitrogens with one attached hydrogen (secondary N) is 1. The Morgan fingerprint density at radius 3 is 2.47 bits per heavy atom. The van der Waals surface area contributed by atoms with Crippen LogP contribution in [0.5, 0.6) is 0 Å². The molecule has 0 fully saturated rings. The summed E-state index contributed by atoms with van der Waals surface area (Å²) >= 11 is 9.12. The molecule has 0 saturated heterocycles. The summed E-state index contributed by atoms with van der Waals surface area (Å²) in [5.41, 5.74) is 1.27. The first-order valence-corrected chi connectivity index (χ1v) is 6.63. The van der Waals surface area contributed by atoms with Crippen LogP contribution >= 0.6 is 27.5 Å². The topological polar surface area (TPSA) is 35.8 Å². The van der Waals surface area contributed by atoms with Gasteiger partial charge < -0.3 is 5.32 Å². The molecule has 0 bridgehead atoms. The lowest BCUT2D eigenvalue weighted by Crippen LogP contribution is -2.08. The highest BCUT2D eigenvalue weighted by Gasteiger charge is 2.12. The molecule has 2 aromatic carbocycles. The van der Waals surface area contributed by atoms with Gasteiger partial charge in [-0.2, -0.15) is 5.26 Å². The van der Waals surface area contributed by atoms with Crippen molar-refractivity contribution in [3.05, 3.63) is 63.3 Å². The zero-order valence-corrected chi connectivity index (χ0v) is 12.0. The molecule has 19 heavy (non-hydrogen) atoms. The van der Waals surface area contributed by atoms with E-state index in [1.807, 2.05) is 24.3 Å². The number of nitrogens with zero attached hydrogens (tertiary/aromatic N) is 1. The van der Waals surface area contributed by atoms with Crippen molar-refractivity contribution in [2.24, 2.45) is 0 Å². The van der Waals surface area contributed by atoms with E-state index in [1.165, 1.54) is 12.1 Å². The van der Waals surface area contributed by atoms with Crippen molar-refractivity contribution in [2.45, 2.75) is 6.04 Å². The number of nitriles is 1. The second-order valence-electron chi connectivity index (χ2n) is 3.92. The minimum absolute atomic E-state index is 0.271. The Hall–Kier alpha value is -1.57. The van der Waals surface area contributed by atoms with E-state index in [9.17, 15) is 9.65 Å². The lowest BCUT2D eigenvalue weighted by Gasteiger charge is -2.14. The largest absolute Gasteiger partial charge is 0.366 e. The molecule has 2 rings (SSSR count). The summed E-state index contributed by atoms with van der Waals surface area (Å²) in [5.74, 6) is -0.458. The van der Waals surface area contributed by atoms with Crippen molar-refractivity contribution >= 4 is 33.2 Å². The Kier molecular flexibility index (Phi) is 4.41. The average Bonchev–Trinajstić information content (AvgIpc) is 2.37. The zero-order valence-electron chi connectivity index (χ0n) is 9.70. The maximum absolute atomic E-state index is 13.3. The summed E-state index contributed by atoms with van der Waals surface area (Å²) < 4.78 is 14.2. The second kappa shape index (κ2) is 6.05. The van der Waals surface area contributed by atoms with Crippen LogP contribution in [0.25, 0.3) is 0 Å². The number of anilines is 1. The van der Waals surface area contributed by atoms with Gasteiger partial charge in [0.25, 0.3) is 0 Å². The number of benzene rings is 2. The van der Waals surface area contributed by atoms with Gasteiger partial charge in [0, 0.05) is 15.2 Å². The SMILES string of the molecule is N#CC(Nc1ccc(Br)cc1)c1cc(F)cc(Cl)c1. The van der Waals surface area contributed by atoms with E-state index in [0.29, 0.717) is 5.56 Å². The van der Waals surface area contributed by atoms with E-state index < -0.39 is 11.9 Å². The van der Waals surface area contributed by atoms with Gasteiger partial charge in [-0.05, 0) is 48.0 Å². The molecule has 0 saturated carbocycles. The Morgan fingerprint density at radius 2 is 1.89 bits per heavy atom. The van der Waals surface area contributed by atoms with Crippen LogP contribution in [0.3, 0.4) is 0 Å². The van der Waals surface area contributed by atoms with E-state index in [4.69, 9.17) is 11.6 Å². The highest BCUT2D eigenvalue weighted by Crippen LogP contribution is 2.24. The van der Waals surface area contributed by atoms with Crippen LogP contribution in [-0.2, 0) is 0 Å². The summed E-state index contributed by atoms with van der Waals surface area (Å²) in [6.07, 6.45) is 0. The fourth-order valence-corrected chi connectivity index (χ4v) is 2.14. The third kappa shape index (κ3) is 3.69. The van der Waals surface area contributed by atoms with Gasteiger partial charge in [-0.3, -0.25) is 0 Å². The maximum Gasteiger partial charge on any atom is 0.140 e. The fraction of sp³-hybridized carbons (Fsp3) is 0.0714. The first-order chi connectivity index (χ1) is 9.08. The third-order valence-corrected chi connectivity index (χ3v) is 3.25. The van der Waals surface area contributed by atoms with E-state index >= 15 is 0 Å². The van der Waals surface area contributed by atoms with Crippen molar-refractivity contribution in [1.29, 1.82) is 5.26 Å². The lowest BCUT2D eigenvalue weighted by atomic mass is 10.1. The predicted octanol–water partition coefficient (Wildman–Crippen LogP) is 4.92. The van der Waals surface area contributed by atoms with Crippen LogP contribution in [0.2, 0.25) is 5.02 Å². The summed E-state index contributed by atoms with van der Waals surface area (Å²) in [6.45, 7) is 0.